The first-order chi connectivity index (χ1) is 8.46. The number of alkyl halides is 3. The molecule has 0 spiro atoms. The van der Waals surface area contributed by atoms with Crippen LogP contribution in [0.4, 0.5) is 13.2 Å². The minimum atomic E-state index is -4.67. The zero-order valence-electron chi connectivity index (χ0n) is 9.70. The van der Waals surface area contributed by atoms with Crippen molar-refractivity contribution in [2.24, 2.45) is 5.73 Å². The first kappa shape index (κ1) is 14.5. The van der Waals surface area contributed by atoms with Crippen LogP contribution in [0.15, 0.2) is 36.9 Å². The van der Waals surface area contributed by atoms with Crippen molar-refractivity contribution in [1.29, 1.82) is 0 Å². The smallest absolute Gasteiger partial charge is 0.406 e. The van der Waals surface area contributed by atoms with Gasteiger partial charge in [0.25, 0.3) is 0 Å². The summed E-state index contributed by atoms with van der Waals surface area (Å²) in [6, 6.07) is 5.51. The molecule has 0 aliphatic heterocycles. The molecule has 0 bridgehead atoms. The van der Waals surface area contributed by atoms with Crippen LogP contribution in [-0.4, -0.2) is 19.5 Å². The van der Waals surface area contributed by atoms with E-state index in [1.165, 1.54) is 12.1 Å². The lowest BCUT2D eigenvalue weighted by Crippen LogP contribution is -2.28. The Balaban J connectivity index is 2.71. The number of halogens is 3. The van der Waals surface area contributed by atoms with Crippen molar-refractivity contribution in [1.82, 2.24) is 5.32 Å². The molecule has 0 radical (unpaired) electrons. The van der Waals surface area contributed by atoms with Crippen molar-refractivity contribution >= 4 is 0 Å². The Labute approximate surface area is 103 Å². The van der Waals surface area contributed by atoms with Gasteiger partial charge in [-0.05, 0) is 17.7 Å². The predicted molar refractivity (Wildman–Crippen MR) is 63.1 cm³/mol. The van der Waals surface area contributed by atoms with Crippen LogP contribution in [0, 0.1) is 0 Å². The minimum Gasteiger partial charge on any atom is -0.406 e. The lowest BCUT2D eigenvalue weighted by molar-refractivity contribution is -0.274. The quantitative estimate of drug-likeness (QED) is 0.772. The highest BCUT2D eigenvalue weighted by Crippen LogP contribution is 2.24. The zero-order valence-corrected chi connectivity index (χ0v) is 9.70. The molecule has 6 heteroatoms. The van der Waals surface area contributed by atoms with Crippen LogP contribution in [-0.2, 0) is 0 Å². The molecule has 0 heterocycles. The van der Waals surface area contributed by atoms with Gasteiger partial charge in [0.2, 0.25) is 0 Å². The van der Waals surface area contributed by atoms with E-state index in [0.29, 0.717) is 13.1 Å². The summed E-state index contributed by atoms with van der Waals surface area (Å²) in [4.78, 5) is 0. The maximum absolute atomic E-state index is 12.0. The minimum absolute atomic E-state index is 0.122. The van der Waals surface area contributed by atoms with Gasteiger partial charge < -0.3 is 15.8 Å². The molecule has 0 aliphatic rings. The molecule has 0 aliphatic carbocycles. The molecule has 0 fully saturated rings. The van der Waals surface area contributed by atoms with Gasteiger partial charge in [-0.3, -0.25) is 0 Å². The Morgan fingerprint density at radius 2 is 1.94 bits per heavy atom. The van der Waals surface area contributed by atoms with E-state index in [2.05, 4.69) is 16.6 Å². The molecule has 1 unspecified atom stereocenters. The molecule has 1 rings (SSSR count). The molecule has 1 aromatic rings. The van der Waals surface area contributed by atoms with E-state index in [1.54, 1.807) is 18.2 Å². The van der Waals surface area contributed by atoms with Gasteiger partial charge >= 0.3 is 6.36 Å². The fourth-order valence-electron chi connectivity index (χ4n) is 1.46. The molecule has 0 saturated heterocycles. The van der Waals surface area contributed by atoms with E-state index in [4.69, 9.17) is 5.73 Å². The fourth-order valence-corrected chi connectivity index (χ4v) is 1.46. The molecule has 3 nitrogen and oxygen atoms in total. The average Bonchev–Trinajstić information content (AvgIpc) is 2.30. The highest BCUT2D eigenvalue weighted by molar-refractivity contribution is 5.29. The summed E-state index contributed by atoms with van der Waals surface area (Å²) in [6.07, 6.45) is -2.99. The lowest BCUT2D eigenvalue weighted by Gasteiger charge is -2.17. The van der Waals surface area contributed by atoms with Crippen LogP contribution >= 0.6 is 0 Å². The van der Waals surface area contributed by atoms with Gasteiger partial charge in [0.1, 0.15) is 5.75 Å². The number of hydrogen-bond donors (Lipinski definition) is 2. The van der Waals surface area contributed by atoms with Gasteiger partial charge in [-0.1, -0.05) is 18.2 Å². The molecule has 100 valence electrons. The molecule has 18 heavy (non-hydrogen) atoms. The Hall–Kier alpha value is -1.53. The van der Waals surface area contributed by atoms with Gasteiger partial charge in [0, 0.05) is 19.1 Å². The van der Waals surface area contributed by atoms with E-state index in [-0.39, 0.29) is 11.8 Å². The monoisotopic (exact) mass is 260 g/mol. The Bertz CT molecular complexity index is 376. The predicted octanol–water partition coefficient (Wildman–Crippen LogP) is 2.36. The average molecular weight is 260 g/mol. The van der Waals surface area contributed by atoms with Gasteiger partial charge in [-0.15, -0.1) is 19.8 Å². The molecule has 1 atom stereocenters. The summed E-state index contributed by atoms with van der Waals surface area (Å²) in [6.45, 7) is 4.48. The summed E-state index contributed by atoms with van der Waals surface area (Å²) in [5, 5.41) is 3.10. The van der Waals surface area contributed by atoms with Crippen molar-refractivity contribution in [2.75, 3.05) is 13.1 Å². The van der Waals surface area contributed by atoms with Crippen molar-refractivity contribution in [3.63, 3.8) is 0 Å². The molecular formula is C12H15F3N2O. The van der Waals surface area contributed by atoms with Crippen molar-refractivity contribution in [2.45, 2.75) is 12.4 Å². The number of hydrogen-bond acceptors (Lipinski definition) is 3. The summed E-state index contributed by atoms with van der Waals surface area (Å²) in [5.41, 5.74) is 6.38. The summed E-state index contributed by atoms with van der Waals surface area (Å²) in [7, 11) is 0. The van der Waals surface area contributed by atoms with Crippen LogP contribution < -0.4 is 15.8 Å². The maximum Gasteiger partial charge on any atom is 0.573 e. The number of ether oxygens (including phenoxy) is 1. The van der Waals surface area contributed by atoms with Gasteiger partial charge in [-0.2, -0.15) is 0 Å². The number of benzene rings is 1. The van der Waals surface area contributed by atoms with E-state index in [9.17, 15) is 13.2 Å². The Kier molecular flexibility index (Phi) is 5.18. The number of nitrogens with two attached hydrogens (primary N) is 1. The standard InChI is InChI=1S/C12H15F3N2O/c1-2-7-17-11(8-16)9-3-5-10(6-4-9)18-12(13,14)15/h2-6,11,17H,1,7-8,16H2. The lowest BCUT2D eigenvalue weighted by atomic mass is 10.1. The zero-order chi connectivity index (χ0) is 13.6. The van der Waals surface area contributed by atoms with Gasteiger partial charge in [0.05, 0.1) is 0 Å². The molecular weight excluding hydrogens is 245 g/mol. The maximum atomic E-state index is 12.0. The third kappa shape index (κ3) is 4.77. The van der Waals surface area contributed by atoms with Crippen molar-refractivity contribution in [3.05, 3.63) is 42.5 Å². The van der Waals surface area contributed by atoms with Crippen LogP contribution in [0.1, 0.15) is 11.6 Å². The first-order valence-electron chi connectivity index (χ1n) is 5.36. The summed E-state index contributed by atoms with van der Waals surface area (Å²) < 4.78 is 39.7. The summed E-state index contributed by atoms with van der Waals surface area (Å²) >= 11 is 0. The fraction of sp³-hybridized carbons (Fsp3) is 0.333. The van der Waals surface area contributed by atoms with E-state index in [1.807, 2.05) is 0 Å². The van der Waals surface area contributed by atoms with E-state index in [0.717, 1.165) is 5.56 Å². The number of nitrogens with one attached hydrogen (secondary N) is 1. The van der Waals surface area contributed by atoms with Crippen molar-refractivity contribution in [3.8, 4) is 5.75 Å². The van der Waals surface area contributed by atoms with Crippen molar-refractivity contribution < 1.29 is 17.9 Å². The molecule has 1 aromatic carbocycles. The second-order valence-corrected chi connectivity index (χ2v) is 3.60. The highest BCUT2D eigenvalue weighted by atomic mass is 19.4. The second-order valence-electron chi connectivity index (χ2n) is 3.60. The first-order valence-corrected chi connectivity index (χ1v) is 5.36. The normalized spacial score (nSPS) is 13.1. The van der Waals surface area contributed by atoms with Crippen LogP contribution in [0.5, 0.6) is 5.75 Å². The largest absolute Gasteiger partial charge is 0.573 e. The highest BCUT2D eigenvalue weighted by Gasteiger charge is 2.31. The van der Waals surface area contributed by atoms with Gasteiger partial charge in [0.15, 0.2) is 0 Å². The molecule has 3 N–H and O–H groups in total. The number of rotatable bonds is 6. The summed E-state index contributed by atoms with van der Waals surface area (Å²) in [5.74, 6) is -0.245. The van der Waals surface area contributed by atoms with E-state index < -0.39 is 6.36 Å². The Morgan fingerprint density at radius 1 is 1.33 bits per heavy atom. The molecule has 0 aromatic heterocycles. The van der Waals surface area contributed by atoms with Crippen LogP contribution in [0.3, 0.4) is 0 Å². The third-order valence-corrected chi connectivity index (χ3v) is 2.26. The topological polar surface area (TPSA) is 47.3 Å². The van der Waals surface area contributed by atoms with Gasteiger partial charge in [-0.25, -0.2) is 0 Å². The Morgan fingerprint density at radius 3 is 2.39 bits per heavy atom. The van der Waals surface area contributed by atoms with Crippen LogP contribution in [0.2, 0.25) is 0 Å². The molecule has 0 amide bonds. The van der Waals surface area contributed by atoms with Crippen LogP contribution in [0.25, 0.3) is 0 Å². The second kappa shape index (κ2) is 6.42. The molecule has 0 saturated carbocycles. The van der Waals surface area contributed by atoms with E-state index >= 15 is 0 Å². The SMILES string of the molecule is C=CCNC(CN)c1ccc(OC(F)(F)F)cc1. The third-order valence-electron chi connectivity index (χ3n) is 2.26.